The third-order valence-electron chi connectivity index (χ3n) is 5.28. The van der Waals surface area contributed by atoms with Gasteiger partial charge in [-0.1, -0.05) is 12.1 Å². The van der Waals surface area contributed by atoms with Crippen molar-refractivity contribution in [1.29, 1.82) is 0 Å². The summed E-state index contributed by atoms with van der Waals surface area (Å²) in [6.07, 6.45) is 1.19. The molecule has 29 heavy (non-hydrogen) atoms. The third-order valence-corrected chi connectivity index (χ3v) is 5.97. The zero-order valence-electron chi connectivity index (χ0n) is 17.2. The van der Waals surface area contributed by atoms with Gasteiger partial charge in [-0.15, -0.1) is 0 Å². The Morgan fingerprint density at radius 2 is 1.59 bits per heavy atom. The van der Waals surface area contributed by atoms with E-state index in [0.717, 1.165) is 43.1 Å². The quantitative estimate of drug-likeness (QED) is 0.745. The lowest BCUT2D eigenvalue weighted by Gasteiger charge is -2.40. The second kappa shape index (κ2) is 9.11. The summed E-state index contributed by atoms with van der Waals surface area (Å²) in [5.74, 6) is -0.236. The van der Waals surface area contributed by atoms with Crippen molar-refractivity contribution in [3.05, 3.63) is 59.9 Å². The Morgan fingerprint density at radius 3 is 2.10 bits per heavy atom. The van der Waals surface area contributed by atoms with Gasteiger partial charge < -0.3 is 9.80 Å². The first kappa shape index (κ1) is 21.5. The van der Waals surface area contributed by atoms with Crippen LogP contribution in [-0.4, -0.2) is 66.4 Å². The smallest absolute Gasteiger partial charge is 0.208 e. The maximum atomic E-state index is 13.2. The standard InChI is InChI=1S/C21H29FN4O2S/c1-24(2)19-8-4-17(5-9-19)21(16-23-29(3,27)28)26-14-12-25(13-15-26)20-10-6-18(22)7-11-20/h4-11,21,23H,12-16H2,1-3H3. The number of nitrogens with one attached hydrogen (secondary N) is 1. The van der Waals surface area contributed by atoms with E-state index in [1.54, 1.807) is 12.1 Å². The fourth-order valence-electron chi connectivity index (χ4n) is 3.63. The van der Waals surface area contributed by atoms with Gasteiger partial charge >= 0.3 is 0 Å². The number of halogens is 1. The highest BCUT2D eigenvalue weighted by atomic mass is 32.2. The normalized spacial score (nSPS) is 16.6. The molecule has 8 heteroatoms. The maximum absolute atomic E-state index is 13.2. The Bertz CT molecular complexity index is 893. The van der Waals surface area contributed by atoms with Crippen LogP contribution in [0.2, 0.25) is 0 Å². The van der Waals surface area contributed by atoms with Gasteiger partial charge in [0.1, 0.15) is 5.82 Å². The Labute approximate surface area is 173 Å². The van der Waals surface area contributed by atoms with Crippen LogP contribution in [0.4, 0.5) is 15.8 Å². The van der Waals surface area contributed by atoms with Crippen molar-refractivity contribution >= 4 is 21.4 Å². The first-order valence-corrected chi connectivity index (χ1v) is 11.6. The van der Waals surface area contributed by atoms with E-state index in [9.17, 15) is 12.8 Å². The topological polar surface area (TPSA) is 55.9 Å². The van der Waals surface area contributed by atoms with Crippen LogP contribution in [0.1, 0.15) is 11.6 Å². The minimum absolute atomic E-state index is 0.0451. The molecule has 0 bridgehead atoms. The van der Waals surface area contributed by atoms with Gasteiger partial charge in [0, 0.05) is 64.2 Å². The molecule has 0 radical (unpaired) electrons. The molecule has 6 nitrogen and oxygen atoms in total. The van der Waals surface area contributed by atoms with E-state index in [4.69, 9.17) is 0 Å². The van der Waals surface area contributed by atoms with Gasteiger partial charge in [-0.3, -0.25) is 4.90 Å². The number of nitrogens with zero attached hydrogens (tertiary/aromatic N) is 3. The second-order valence-corrected chi connectivity index (χ2v) is 9.45. The molecule has 1 aliphatic heterocycles. The SMILES string of the molecule is CN(C)c1ccc(C(CNS(C)(=O)=O)N2CCN(c3ccc(F)cc3)CC2)cc1. The van der Waals surface area contributed by atoms with Crippen molar-refractivity contribution in [1.82, 2.24) is 9.62 Å². The summed E-state index contributed by atoms with van der Waals surface area (Å²) in [6.45, 7) is 3.52. The van der Waals surface area contributed by atoms with Gasteiger partial charge in [0.05, 0.1) is 6.26 Å². The molecule has 1 atom stereocenters. The monoisotopic (exact) mass is 420 g/mol. The van der Waals surface area contributed by atoms with Gasteiger partial charge in [0.25, 0.3) is 0 Å². The van der Waals surface area contributed by atoms with Gasteiger partial charge in [-0.2, -0.15) is 0 Å². The van der Waals surface area contributed by atoms with E-state index in [0.29, 0.717) is 6.54 Å². The van der Waals surface area contributed by atoms with Gasteiger partial charge in [-0.25, -0.2) is 17.5 Å². The summed E-state index contributed by atoms with van der Waals surface area (Å²) < 4.78 is 39.2. The van der Waals surface area contributed by atoms with E-state index in [1.165, 1.54) is 18.4 Å². The van der Waals surface area contributed by atoms with Crippen molar-refractivity contribution in [2.24, 2.45) is 0 Å². The van der Waals surface area contributed by atoms with Gasteiger partial charge in [0.15, 0.2) is 0 Å². The van der Waals surface area contributed by atoms with Crippen molar-refractivity contribution < 1.29 is 12.8 Å². The zero-order chi connectivity index (χ0) is 21.0. The van der Waals surface area contributed by atoms with Crippen LogP contribution >= 0.6 is 0 Å². The molecule has 2 aromatic carbocycles. The number of rotatable bonds is 7. The highest BCUT2D eigenvalue weighted by Crippen LogP contribution is 2.26. The van der Waals surface area contributed by atoms with E-state index in [1.807, 2.05) is 19.0 Å². The Morgan fingerprint density at radius 1 is 1.00 bits per heavy atom. The van der Waals surface area contributed by atoms with Crippen LogP contribution in [-0.2, 0) is 10.0 Å². The highest BCUT2D eigenvalue weighted by molar-refractivity contribution is 7.88. The number of sulfonamides is 1. The summed E-state index contributed by atoms with van der Waals surface area (Å²) >= 11 is 0. The number of piperazine rings is 1. The minimum Gasteiger partial charge on any atom is -0.378 e. The largest absolute Gasteiger partial charge is 0.378 e. The molecule has 0 amide bonds. The molecule has 1 heterocycles. The molecule has 0 saturated carbocycles. The first-order chi connectivity index (χ1) is 13.7. The van der Waals surface area contributed by atoms with E-state index >= 15 is 0 Å². The number of hydrogen-bond acceptors (Lipinski definition) is 5. The van der Waals surface area contributed by atoms with Crippen LogP contribution in [0.25, 0.3) is 0 Å². The molecular weight excluding hydrogens is 391 g/mol. The Balaban J connectivity index is 1.73. The summed E-state index contributed by atoms with van der Waals surface area (Å²) in [6, 6.07) is 14.7. The molecule has 3 rings (SSSR count). The van der Waals surface area contributed by atoms with Crippen molar-refractivity contribution in [3.8, 4) is 0 Å². The van der Waals surface area contributed by atoms with E-state index < -0.39 is 10.0 Å². The number of anilines is 2. The molecule has 1 aliphatic rings. The molecule has 0 aromatic heterocycles. The molecule has 1 unspecified atom stereocenters. The summed E-state index contributed by atoms with van der Waals surface area (Å²) in [7, 11) is 0.709. The predicted molar refractivity (Wildman–Crippen MR) is 117 cm³/mol. The van der Waals surface area contributed by atoms with Crippen molar-refractivity contribution in [2.45, 2.75) is 6.04 Å². The minimum atomic E-state index is -3.28. The van der Waals surface area contributed by atoms with Gasteiger partial charge in [-0.05, 0) is 42.0 Å². The highest BCUT2D eigenvalue weighted by Gasteiger charge is 2.26. The number of hydrogen-bond donors (Lipinski definition) is 1. The molecule has 1 N–H and O–H groups in total. The second-order valence-electron chi connectivity index (χ2n) is 7.62. The Kier molecular flexibility index (Phi) is 6.77. The van der Waals surface area contributed by atoms with Crippen LogP contribution in [0.15, 0.2) is 48.5 Å². The molecular formula is C21H29FN4O2S. The third kappa shape index (κ3) is 5.91. The fraction of sp³-hybridized carbons (Fsp3) is 0.429. The number of benzene rings is 2. The average Bonchev–Trinajstić information content (AvgIpc) is 2.69. The molecule has 2 aromatic rings. The van der Waals surface area contributed by atoms with Crippen LogP contribution in [0.3, 0.4) is 0 Å². The lowest BCUT2D eigenvalue weighted by Crippen LogP contribution is -2.49. The van der Waals surface area contributed by atoms with Gasteiger partial charge in [0.2, 0.25) is 10.0 Å². The first-order valence-electron chi connectivity index (χ1n) is 9.69. The van der Waals surface area contributed by atoms with Crippen LogP contribution in [0, 0.1) is 5.82 Å². The molecule has 0 aliphatic carbocycles. The van der Waals surface area contributed by atoms with E-state index in [2.05, 4.69) is 38.8 Å². The average molecular weight is 421 g/mol. The van der Waals surface area contributed by atoms with Crippen LogP contribution < -0.4 is 14.5 Å². The van der Waals surface area contributed by atoms with Crippen molar-refractivity contribution in [3.63, 3.8) is 0 Å². The Hall–Kier alpha value is -2.16. The molecule has 1 saturated heterocycles. The molecule has 1 fully saturated rings. The lowest BCUT2D eigenvalue weighted by molar-refractivity contribution is 0.187. The molecule has 0 spiro atoms. The molecule has 158 valence electrons. The summed E-state index contributed by atoms with van der Waals surface area (Å²) in [4.78, 5) is 6.57. The maximum Gasteiger partial charge on any atom is 0.208 e. The zero-order valence-corrected chi connectivity index (χ0v) is 18.0. The fourth-order valence-corrected chi connectivity index (χ4v) is 4.09. The lowest BCUT2D eigenvalue weighted by atomic mass is 10.0. The van der Waals surface area contributed by atoms with E-state index in [-0.39, 0.29) is 11.9 Å². The van der Waals surface area contributed by atoms with Crippen LogP contribution in [0.5, 0.6) is 0 Å². The van der Waals surface area contributed by atoms with Crippen molar-refractivity contribution in [2.75, 3.05) is 62.9 Å². The summed E-state index contributed by atoms with van der Waals surface area (Å²) in [5.41, 5.74) is 3.19. The summed E-state index contributed by atoms with van der Waals surface area (Å²) in [5, 5.41) is 0. The predicted octanol–water partition coefficient (Wildman–Crippen LogP) is 2.30.